The zero-order valence-electron chi connectivity index (χ0n) is 15.5. The Balaban J connectivity index is 1.86. The molecule has 0 aliphatic rings. The minimum atomic E-state index is -0.450. The fourth-order valence-electron chi connectivity index (χ4n) is 2.81. The lowest BCUT2D eigenvalue weighted by atomic mass is 10.1. The molecule has 0 aliphatic carbocycles. The van der Waals surface area contributed by atoms with E-state index in [-0.39, 0.29) is 12.0 Å². The van der Waals surface area contributed by atoms with Crippen molar-refractivity contribution in [3.63, 3.8) is 0 Å². The number of pyridine rings is 1. The zero-order chi connectivity index (χ0) is 19.4. The molecule has 7 heteroatoms. The van der Waals surface area contributed by atoms with Crippen molar-refractivity contribution in [1.29, 1.82) is 0 Å². The number of carbonyl (C=O) groups is 1. The van der Waals surface area contributed by atoms with Crippen LogP contribution in [0, 0.1) is 13.8 Å². The monoisotopic (exact) mass is 367 g/mol. The van der Waals surface area contributed by atoms with E-state index in [4.69, 9.17) is 4.52 Å². The van der Waals surface area contributed by atoms with Crippen molar-refractivity contribution in [3.8, 4) is 11.3 Å². The molecule has 1 aromatic carbocycles. The Bertz CT molecular complexity index is 1010. The van der Waals surface area contributed by atoms with Gasteiger partial charge in [-0.2, -0.15) is 0 Å². The molecule has 3 rings (SSSR count). The van der Waals surface area contributed by atoms with E-state index < -0.39 is 5.97 Å². The highest BCUT2D eigenvalue weighted by molar-refractivity contribution is 5.72. The third kappa shape index (κ3) is 3.92. The number of carbonyl (C=O) groups excluding carboxylic acids is 1. The quantitative estimate of drug-likeness (QED) is 0.674. The summed E-state index contributed by atoms with van der Waals surface area (Å²) >= 11 is 0. The van der Waals surface area contributed by atoms with Crippen LogP contribution in [0.1, 0.15) is 22.5 Å². The molecule has 0 radical (unpaired) electrons. The standard InChI is InChI=1S/C20H21N3O4/c1-13-9-10-23(20(25)16(13)11-18(24)26-3)21-12-17-14(2)27-22-19(17)15-7-5-4-6-8-15/h4-10,21H,11-12H2,1-3H3. The normalized spacial score (nSPS) is 10.6. The van der Waals surface area contributed by atoms with Gasteiger partial charge in [0.2, 0.25) is 0 Å². The molecule has 0 saturated carbocycles. The Hall–Kier alpha value is -3.35. The fraction of sp³-hybridized carbons (Fsp3) is 0.250. The molecule has 0 atom stereocenters. The van der Waals surface area contributed by atoms with Crippen molar-refractivity contribution in [2.45, 2.75) is 26.8 Å². The molecule has 0 amide bonds. The van der Waals surface area contributed by atoms with E-state index in [1.165, 1.54) is 11.8 Å². The van der Waals surface area contributed by atoms with Gasteiger partial charge in [0.05, 0.1) is 20.1 Å². The molecule has 27 heavy (non-hydrogen) atoms. The second-order valence-corrected chi connectivity index (χ2v) is 6.17. The van der Waals surface area contributed by atoms with Gasteiger partial charge >= 0.3 is 5.97 Å². The molecule has 0 spiro atoms. The molecule has 2 aromatic heterocycles. The second-order valence-electron chi connectivity index (χ2n) is 6.17. The highest BCUT2D eigenvalue weighted by atomic mass is 16.5. The van der Waals surface area contributed by atoms with Gasteiger partial charge in [0, 0.05) is 22.9 Å². The topological polar surface area (TPSA) is 86.4 Å². The Morgan fingerprint density at radius 2 is 1.93 bits per heavy atom. The number of nitrogens with one attached hydrogen (secondary N) is 1. The number of nitrogens with zero attached hydrogens (tertiary/aromatic N) is 2. The lowest BCUT2D eigenvalue weighted by Gasteiger charge is -2.13. The van der Waals surface area contributed by atoms with Crippen molar-refractivity contribution in [2.75, 3.05) is 12.5 Å². The largest absolute Gasteiger partial charge is 0.469 e. The zero-order valence-corrected chi connectivity index (χ0v) is 15.5. The van der Waals surface area contributed by atoms with Crippen LogP contribution in [0.4, 0.5) is 0 Å². The molecule has 0 unspecified atom stereocenters. The summed E-state index contributed by atoms with van der Waals surface area (Å²) in [5, 5.41) is 4.14. The van der Waals surface area contributed by atoms with Crippen molar-refractivity contribution in [1.82, 2.24) is 9.83 Å². The minimum Gasteiger partial charge on any atom is -0.469 e. The van der Waals surface area contributed by atoms with Crippen molar-refractivity contribution < 1.29 is 14.1 Å². The van der Waals surface area contributed by atoms with Gasteiger partial charge in [-0.15, -0.1) is 0 Å². The van der Waals surface area contributed by atoms with Gasteiger partial charge in [-0.05, 0) is 25.5 Å². The van der Waals surface area contributed by atoms with E-state index in [0.717, 1.165) is 22.4 Å². The average Bonchev–Trinajstić information content (AvgIpc) is 3.05. The Morgan fingerprint density at radius 3 is 2.63 bits per heavy atom. The molecule has 0 aliphatic heterocycles. The molecule has 7 nitrogen and oxygen atoms in total. The first-order valence-electron chi connectivity index (χ1n) is 8.53. The average molecular weight is 367 g/mol. The summed E-state index contributed by atoms with van der Waals surface area (Å²) in [6, 6.07) is 11.5. The number of esters is 1. The number of hydrogen-bond acceptors (Lipinski definition) is 6. The third-order valence-electron chi connectivity index (χ3n) is 4.43. The van der Waals surface area contributed by atoms with Crippen LogP contribution in [-0.4, -0.2) is 22.9 Å². The molecule has 1 N–H and O–H groups in total. The van der Waals surface area contributed by atoms with Crippen LogP contribution in [0.15, 0.2) is 51.9 Å². The number of ether oxygens (including phenoxy) is 1. The van der Waals surface area contributed by atoms with Crippen molar-refractivity contribution >= 4 is 5.97 Å². The summed E-state index contributed by atoms with van der Waals surface area (Å²) in [4.78, 5) is 24.3. The number of rotatable bonds is 6. The molecule has 0 saturated heterocycles. The smallest absolute Gasteiger partial charge is 0.310 e. The predicted octanol–water partition coefficient (Wildman–Crippen LogP) is 2.58. The predicted molar refractivity (Wildman–Crippen MR) is 101 cm³/mol. The molecule has 3 aromatic rings. The maximum atomic E-state index is 12.7. The fourth-order valence-corrected chi connectivity index (χ4v) is 2.81. The Kier molecular flexibility index (Phi) is 5.40. The third-order valence-corrected chi connectivity index (χ3v) is 4.43. The van der Waals surface area contributed by atoms with Gasteiger partial charge in [-0.25, -0.2) is 4.68 Å². The molecule has 0 bridgehead atoms. The maximum absolute atomic E-state index is 12.7. The van der Waals surface area contributed by atoms with Gasteiger partial charge in [-0.1, -0.05) is 35.5 Å². The summed E-state index contributed by atoms with van der Waals surface area (Å²) in [6.45, 7) is 3.97. The summed E-state index contributed by atoms with van der Waals surface area (Å²) < 4.78 is 11.4. The van der Waals surface area contributed by atoms with E-state index in [0.29, 0.717) is 17.9 Å². The number of aryl methyl sites for hydroxylation is 2. The summed E-state index contributed by atoms with van der Waals surface area (Å²) in [7, 11) is 1.30. The second kappa shape index (κ2) is 7.90. The number of methoxy groups -OCH3 is 1. The highest BCUT2D eigenvalue weighted by Gasteiger charge is 2.16. The van der Waals surface area contributed by atoms with Gasteiger partial charge in [0.25, 0.3) is 5.56 Å². The van der Waals surface area contributed by atoms with E-state index in [9.17, 15) is 9.59 Å². The lowest BCUT2D eigenvalue weighted by molar-refractivity contribution is -0.139. The van der Waals surface area contributed by atoms with Gasteiger partial charge in [0.1, 0.15) is 11.5 Å². The number of aromatic nitrogens is 2. The first kappa shape index (κ1) is 18.4. The summed E-state index contributed by atoms with van der Waals surface area (Å²) in [5.41, 5.74) is 6.48. The van der Waals surface area contributed by atoms with Crippen LogP contribution in [0.2, 0.25) is 0 Å². The highest BCUT2D eigenvalue weighted by Crippen LogP contribution is 2.24. The summed E-state index contributed by atoms with van der Waals surface area (Å²) in [5.74, 6) is 0.227. The maximum Gasteiger partial charge on any atom is 0.310 e. The van der Waals surface area contributed by atoms with E-state index in [2.05, 4.69) is 15.3 Å². The van der Waals surface area contributed by atoms with Crippen LogP contribution in [0.3, 0.4) is 0 Å². The van der Waals surface area contributed by atoms with Crippen LogP contribution in [-0.2, 0) is 22.5 Å². The lowest BCUT2D eigenvalue weighted by Crippen LogP contribution is -2.32. The van der Waals surface area contributed by atoms with Crippen molar-refractivity contribution in [2.24, 2.45) is 0 Å². The SMILES string of the molecule is COC(=O)Cc1c(C)ccn(NCc2c(-c3ccccc3)noc2C)c1=O. The summed E-state index contributed by atoms with van der Waals surface area (Å²) in [6.07, 6.45) is 1.58. The van der Waals surface area contributed by atoms with Gasteiger partial charge in [0.15, 0.2) is 0 Å². The van der Waals surface area contributed by atoms with Crippen LogP contribution >= 0.6 is 0 Å². The molecule has 140 valence electrons. The van der Waals surface area contributed by atoms with E-state index in [1.807, 2.05) is 37.3 Å². The Labute approximate surface area is 156 Å². The van der Waals surface area contributed by atoms with Crippen LogP contribution < -0.4 is 11.0 Å². The number of benzene rings is 1. The first-order valence-corrected chi connectivity index (χ1v) is 8.53. The van der Waals surface area contributed by atoms with E-state index >= 15 is 0 Å². The van der Waals surface area contributed by atoms with Crippen molar-refractivity contribution in [3.05, 3.63) is 75.4 Å². The molecule has 2 heterocycles. The van der Waals surface area contributed by atoms with Crippen LogP contribution in [0.5, 0.6) is 0 Å². The molecular weight excluding hydrogens is 346 g/mol. The minimum absolute atomic E-state index is 0.0642. The molecular formula is C20H21N3O4. The molecule has 0 fully saturated rings. The Morgan fingerprint density at radius 1 is 1.19 bits per heavy atom. The van der Waals surface area contributed by atoms with E-state index in [1.54, 1.807) is 19.2 Å². The first-order chi connectivity index (χ1) is 13.0. The van der Waals surface area contributed by atoms with Crippen LogP contribution in [0.25, 0.3) is 11.3 Å². The van der Waals surface area contributed by atoms with Gasteiger partial charge < -0.3 is 14.7 Å². The number of hydrogen-bond donors (Lipinski definition) is 1. The van der Waals surface area contributed by atoms with Gasteiger partial charge in [-0.3, -0.25) is 9.59 Å².